The number of phenols is 1. The monoisotopic (exact) mass is 558 g/mol. The van der Waals surface area contributed by atoms with Crippen molar-refractivity contribution >= 4 is 28.4 Å². The van der Waals surface area contributed by atoms with Gasteiger partial charge in [-0.25, -0.2) is 0 Å². The number of fused-ring (bicyclic) bond motifs is 1. The van der Waals surface area contributed by atoms with E-state index in [0.717, 1.165) is 27.6 Å². The Balaban J connectivity index is 1.33. The fourth-order valence-electron chi connectivity index (χ4n) is 5.58. The van der Waals surface area contributed by atoms with E-state index in [1.165, 1.54) is 17.0 Å². The van der Waals surface area contributed by atoms with E-state index in [4.69, 9.17) is 4.74 Å². The predicted molar refractivity (Wildman–Crippen MR) is 161 cm³/mol. The Morgan fingerprint density at radius 2 is 1.71 bits per heavy atom. The van der Waals surface area contributed by atoms with Crippen LogP contribution in [0, 0.1) is 6.92 Å². The quantitative estimate of drug-likeness (QED) is 0.116. The molecule has 1 atom stereocenters. The van der Waals surface area contributed by atoms with E-state index < -0.39 is 17.7 Å². The van der Waals surface area contributed by atoms with Gasteiger partial charge in [0, 0.05) is 29.2 Å². The Morgan fingerprint density at radius 1 is 0.929 bits per heavy atom. The number of likely N-dealkylation sites (tertiary alicyclic amines) is 1. The van der Waals surface area contributed by atoms with Crippen LogP contribution in [0.4, 0.5) is 0 Å². The van der Waals surface area contributed by atoms with Gasteiger partial charge in [0.05, 0.1) is 11.6 Å². The largest absolute Gasteiger partial charge is 0.508 e. The van der Waals surface area contributed by atoms with E-state index in [1.54, 1.807) is 30.3 Å². The highest BCUT2D eigenvalue weighted by atomic mass is 16.5. The number of phenolic OH excluding ortho intramolecular Hbond substituents is 1. The number of rotatable bonds is 8. The number of aromatic nitrogens is 1. The van der Waals surface area contributed by atoms with Gasteiger partial charge in [0.1, 0.15) is 23.9 Å². The number of ether oxygens (including phenoxy) is 1. The third-order valence-electron chi connectivity index (χ3n) is 7.71. The van der Waals surface area contributed by atoms with Crippen LogP contribution < -0.4 is 4.74 Å². The molecule has 2 heterocycles. The van der Waals surface area contributed by atoms with Gasteiger partial charge in [-0.15, -0.1) is 0 Å². The molecule has 42 heavy (non-hydrogen) atoms. The molecule has 5 aromatic rings. The lowest BCUT2D eigenvalue weighted by Crippen LogP contribution is -2.31. The first-order valence-electron chi connectivity index (χ1n) is 13.8. The number of Topliss-reactive ketones (excluding diaryl/α,β-unsaturated/α-hetero) is 1. The number of para-hydroxylation sites is 1. The Kier molecular flexibility index (Phi) is 7.23. The number of carbonyl (C=O) groups is 2. The highest BCUT2D eigenvalue weighted by Crippen LogP contribution is 2.41. The van der Waals surface area contributed by atoms with Crippen molar-refractivity contribution in [1.82, 2.24) is 9.88 Å². The average Bonchev–Trinajstić information content (AvgIpc) is 3.53. The van der Waals surface area contributed by atoms with Crippen molar-refractivity contribution in [3.8, 4) is 11.5 Å². The number of carbonyl (C=O) groups excluding carboxylic acids is 2. The topological polar surface area (TPSA) is 103 Å². The summed E-state index contributed by atoms with van der Waals surface area (Å²) in [5, 5.41) is 22.8. The highest BCUT2D eigenvalue weighted by Gasteiger charge is 2.46. The van der Waals surface area contributed by atoms with Crippen molar-refractivity contribution in [1.29, 1.82) is 0 Å². The summed E-state index contributed by atoms with van der Waals surface area (Å²) in [7, 11) is 0. The lowest BCUT2D eigenvalue weighted by Gasteiger charge is -2.25. The molecule has 0 aliphatic carbocycles. The van der Waals surface area contributed by atoms with E-state index >= 15 is 0 Å². The molecule has 1 unspecified atom stereocenters. The van der Waals surface area contributed by atoms with E-state index in [0.29, 0.717) is 29.9 Å². The lowest BCUT2D eigenvalue weighted by atomic mass is 9.94. The third kappa shape index (κ3) is 5.12. The molecule has 1 amide bonds. The number of H-pyrrole nitrogens is 1. The number of benzene rings is 4. The van der Waals surface area contributed by atoms with Crippen LogP contribution in [-0.2, 0) is 22.6 Å². The van der Waals surface area contributed by atoms with E-state index in [1.807, 2.05) is 67.7 Å². The van der Waals surface area contributed by atoms with Crippen molar-refractivity contribution in [2.45, 2.75) is 26.0 Å². The molecule has 7 nitrogen and oxygen atoms in total. The maximum atomic E-state index is 13.5. The summed E-state index contributed by atoms with van der Waals surface area (Å²) >= 11 is 0. The number of aryl methyl sites for hydroxylation is 1. The van der Waals surface area contributed by atoms with Gasteiger partial charge < -0.3 is 24.8 Å². The van der Waals surface area contributed by atoms with Crippen LogP contribution >= 0.6 is 0 Å². The summed E-state index contributed by atoms with van der Waals surface area (Å²) in [5.74, 6) is -1.07. The summed E-state index contributed by atoms with van der Waals surface area (Å²) in [6.07, 6.45) is 2.41. The molecule has 7 heteroatoms. The number of aromatic amines is 1. The molecular weight excluding hydrogens is 528 g/mol. The number of aliphatic hydroxyl groups excluding tert-OH is 1. The van der Waals surface area contributed by atoms with Crippen molar-refractivity contribution in [2.75, 3.05) is 6.54 Å². The lowest BCUT2D eigenvalue weighted by molar-refractivity contribution is -0.139. The van der Waals surface area contributed by atoms with Crippen LogP contribution in [0.2, 0.25) is 0 Å². The second-order valence-corrected chi connectivity index (χ2v) is 10.5. The van der Waals surface area contributed by atoms with Crippen molar-refractivity contribution < 1.29 is 24.5 Å². The van der Waals surface area contributed by atoms with Crippen molar-refractivity contribution in [2.24, 2.45) is 0 Å². The smallest absolute Gasteiger partial charge is 0.295 e. The number of hydrogen-bond acceptors (Lipinski definition) is 5. The summed E-state index contributed by atoms with van der Waals surface area (Å²) in [4.78, 5) is 31.6. The fourth-order valence-corrected chi connectivity index (χ4v) is 5.58. The first kappa shape index (κ1) is 26.9. The molecule has 0 spiro atoms. The van der Waals surface area contributed by atoms with Gasteiger partial charge in [0.2, 0.25) is 0 Å². The van der Waals surface area contributed by atoms with Crippen LogP contribution in [-0.4, -0.2) is 38.3 Å². The minimum Gasteiger partial charge on any atom is -0.508 e. The van der Waals surface area contributed by atoms with Crippen molar-refractivity contribution in [3.63, 3.8) is 0 Å². The molecule has 0 saturated carbocycles. The first-order valence-corrected chi connectivity index (χ1v) is 13.8. The Morgan fingerprint density at radius 3 is 2.50 bits per heavy atom. The number of nitrogens with zero attached hydrogens (tertiary/aromatic N) is 1. The molecule has 210 valence electrons. The molecular formula is C35H30N2O5. The SMILES string of the molecule is Cc1cc(/C(O)=C2\C(=O)C(=O)N(CCc3c[nH]c4ccccc34)C2c2cccc(O)c2)ccc1OCc1ccccc1. The molecule has 3 N–H and O–H groups in total. The van der Waals surface area contributed by atoms with E-state index in [9.17, 15) is 19.8 Å². The molecule has 1 aromatic heterocycles. The van der Waals surface area contributed by atoms with Gasteiger partial charge >= 0.3 is 0 Å². The van der Waals surface area contributed by atoms with E-state index in [-0.39, 0.29) is 23.6 Å². The second-order valence-electron chi connectivity index (χ2n) is 10.5. The van der Waals surface area contributed by atoms with Gasteiger partial charge in [0.15, 0.2) is 0 Å². The summed E-state index contributed by atoms with van der Waals surface area (Å²) < 4.78 is 5.98. The first-order chi connectivity index (χ1) is 20.4. The number of hydrogen-bond donors (Lipinski definition) is 3. The van der Waals surface area contributed by atoms with Crippen molar-refractivity contribution in [3.05, 3.63) is 137 Å². The highest BCUT2D eigenvalue weighted by molar-refractivity contribution is 6.46. The third-order valence-corrected chi connectivity index (χ3v) is 7.71. The van der Waals surface area contributed by atoms with Crippen LogP contribution in [0.1, 0.15) is 33.9 Å². The molecule has 4 aromatic carbocycles. The minimum absolute atomic E-state index is 0.00507. The fraction of sp³-hybridized carbons (Fsp3) is 0.143. The molecule has 1 fully saturated rings. The number of amides is 1. The van der Waals surface area contributed by atoms with Crippen LogP contribution in [0.15, 0.2) is 109 Å². The number of aromatic hydroxyl groups is 1. The molecule has 0 radical (unpaired) electrons. The Hall–Kier alpha value is -5.30. The second kappa shape index (κ2) is 11.3. The maximum absolute atomic E-state index is 13.5. The Labute approximate surface area is 243 Å². The van der Waals surface area contributed by atoms with Gasteiger partial charge in [-0.2, -0.15) is 0 Å². The van der Waals surface area contributed by atoms with Gasteiger partial charge in [-0.3, -0.25) is 9.59 Å². The van der Waals surface area contributed by atoms with E-state index in [2.05, 4.69) is 4.98 Å². The van der Waals surface area contributed by atoms with Crippen LogP contribution in [0.25, 0.3) is 16.7 Å². The molecule has 6 rings (SSSR count). The normalized spacial score (nSPS) is 16.3. The number of ketones is 1. The summed E-state index contributed by atoms with van der Waals surface area (Å²) in [5.41, 5.74) is 4.74. The summed E-state index contributed by atoms with van der Waals surface area (Å²) in [6.45, 7) is 2.50. The Bertz CT molecular complexity index is 1820. The van der Waals surface area contributed by atoms with Gasteiger partial charge in [-0.05, 0) is 72.0 Å². The zero-order chi connectivity index (χ0) is 29.2. The summed E-state index contributed by atoms with van der Waals surface area (Å²) in [6, 6.07) is 28.5. The zero-order valence-corrected chi connectivity index (χ0v) is 23.1. The number of nitrogens with one attached hydrogen (secondary N) is 1. The van der Waals surface area contributed by atoms with Crippen LogP contribution in [0.3, 0.4) is 0 Å². The molecule has 1 aliphatic rings. The standard InChI is InChI=1S/C35H30N2O5/c1-22-18-25(14-15-30(22)42-21-23-8-3-2-4-9-23)33(39)31-32(24-10-7-11-27(38)19-24)37(35(41)34(31)40)17-16-26-20-36-29-13-6-5-12-28(26)29/h2-15,18-20,32,36,38-39H,16-17,21H2,1H3/b33-31+. The molecule has 1 aliphatic heterocycles. The van der Waals surface area contributed by atoms with Gasteiger partial charge in [0.25, 0.3) is 11.7 Å². The van der Waals surface area contributed by atoms with Gasteiger partial charge in [-0.1, -0.05) is 60.7 Å². The minimum atomic E-state index is -0.864. The maximum Gasteiger partial charge on any atom is 0.295 e. The average molecular weight is 559 g/mol. The molecule has 1 saturated heterocycles. The zero-order valence-electron chi connectivity index (χ0n) is 23.1. The molecule has 0 bridgehead atoms. The predicted octanol–water partition coefficient (Wildman–Crippen LogP) is 6.43. The number of aliphatic hydroxyl groups is 1. The van der Waals surface area contributed by atoms with Crippen LogP contribution in [0.5, 0.6) is 11.5 Å².